The van der Waals surface area contributed by atoms with Crippen LogP contribution in [0, 0.1) is 0 Å². The molecule has 18 heavy (non-hydrogen) atoms. The van der Waals surface area contributed by atoms with Crippen molar-refractivity contribution in [2.75, 3.05) is 19.6 Å². The maximum atomic E-state index is 11.9. The lowest BCUT2D eigenvalue weighted by atomic mass is 10.2. The Labute approximate surface area is 108 Å². The Kier molecular flexibility index (Phi) is 4.70. The van der Waals surface area contributed by atoms with Crippen molar-refractivity contribution in [3.05, 3.63) is 30.1 Å². The minimum Gasteiger partial charge on any atom is -0.350 e. The summed E-state index contributed by atoms with van der Waals surface area (Å²) in [5, 5.41) is 3.01. The summed E-state index contributed by atoms with van der Waals surface area (Å²) in [7, 11) is 0. The first-order valence-electron chi connectivity index (χ1n) is 6.73. The summed E-state index contributed by atoms with van der Waals surface area (Å²) in [6.45, 7) is 5.24. The molecule has 1 atom stereocenters. The van der Waals surface area contributed by atoms with Gasteiger partial charge < -0.3 is 5.32 Å². The molecule has 1 amide bonds. The van der Waals surface area contributed by atoms with Gasteiger partial charge in [0.2, 0.25) is 0 Å². The van der Waals surface area contributed by atoms with Gasteiger partial charge in [-0.25, -0.2) is 0 Å². The molecule has 0 aliphatic carbocycles. The molecule has 1 aromatic rings. The largest absolute Gasteiger partial charge is 0.350 e. The van der Waals surface area contributed by atoms with E-state index in [9.17, 15) is 4.79 Å². The second-order valence-corrected chi connectivity index (χ2v) is 4.76. The summed E-state index contributed by atoms with van der Waals surface area (Å²) in [4.78, 5) is 18.3. The molecule has 1 aliphatic rings. The number of rotatable bonds is 5. The van der Waals surface area contributed by atoms with E-state index in [4.69, 9.17) is 0 Å². The molecular formula is C14H21N3O. The van der Waals surface area contributed by atoms with Crippen LogP contribution in [0.4, 0.5) is 0 Å². The third-order valence-electron chi connectivity index (χ3n) is 3.55. The van der Waals surface area contributed by atoms with Crippen molar-refractivity contribution in [3.8, 4) is 0 Å². The first-order valence-corrected chi connectivity index (χ1v) is 6.73. The normalized spacial score (nSPS) is 17.6. The van der Waals surface area contributed by atoms with Gasteiger partial charge in [-0.15, -0.1) is 0 Å². The molecule has 1 aliphatic heterocycles. The molecule has 1 N–H and O–H groups in total. The molecule has 0 bridgehead atoms. The number of hydrogen-bond acceptors (Lipinski definition) is 3. The van der Waals surface area contributed by atoms with Gasteiger partial charge in [-0.2, -0.15) is 0 Å². The van der Waals surface area contributed by atoms with Crippen molar-refractivity contribution in [3.63, 3.8) is 0 Å². The Morgan fingerprint density at radius 2 is 2.28 bits per heavy atom. The van der Waals surface area contributed by atoms with E-state index in [1.807, 2.05) is 0 Å². The minimum atomic E-state index is -0.0271. The summed E-state index contributed by atoms with van der Waals surface area (Å²) in [6.07, 6.45) is 6.93. The topological polar surface area (TPSA) is 45.2 Å². The van der Waals surface area contributed by atoms with Crippen LogP contribution in [0.15, 0.2) is 24.5 Å². The highest BCUT2D eigenvalue weighted by atomic mass is 16.1. The van der Waals surface area contributed by atoms with Gasteiger partial charge in [0.05, 0.1) is 5.56 Å². The van der Waals surface area contributed by atoms with Gasteiger partial charge in [-0.1, -0.05) is 6.92 Å². The van der Waals surface area contributed by atoms with Gasteiger partial charge in [0.1, 0.15) is 0 Å². The first kappa shape index (κ1) is 13.0. The van der Waals surface area contributed by atoms with Crippen LogP contribution >= 0.6 is 0 Å². The number of nitrogens with one attached hydrogen (secondary N) is 1. The van der Waals surface area contributed by atoms with Crippen molar-refractivity contribution < 1.29 is 4.79 Å². The van der Waals surface area contributed by atoms with Gasteiger partial charge in [0.15, 0.2) is 0 Å². The number of amides is 1. The zero-order valence-electron chi connectivity index (χ0n) is 10.9. The summed E-state index contributed by atoms with van der Waals surface area (Å²) >= 11 is 0. The molecule has 98 valence electrons. The molecule has 0 radical (unpaired) electrons. The molecule has 0 saturated carbocycles. The smallest absolute Gasteiger partial charge is 0.252 e. The van der Waals surface area contributed by atoms with E-state index in [1.165, 1.54) is 25.9 Å². The number of carbonyl (C=O) groups is 1. The molecular weight excluding hydrogens is 226 g/mol. The Hall–Kier alpha value is -1.42. The predicted octanol–water partition coefficient (Wildman–Crippen LogP) is 1.69. The number of likely N-dealkylation sites (tertiary alicyclic amines) is 1. The molecule has 2 heterocycles. The third-order valence-corrected chi connectivity index (χ3v) is 3.55. The Morgan fingerprint density at radius 1 is 1.50 bits per heavy atom. The number of pyridine rings is 1. The van der Waals surface area contributed by atoms with Crippen molar-refractivity contribution >= 4 is 5.91 Å². The molecule has 0 unspecified atom stereocenters. The van der Waals surface area contributed by atoms with Crippen molar-refractivity contribution in [2.45, 2.75) is 32.2 Å². The fourth-order valence-corrected chi connectivity index (χ4v) is 2.45. The quantitative estimate of drug-likeness (QED) is 0.861. The first-order chi connectivity index (χ1) is 8.81. The lowest BCUT2D eigenvalue weighted by Crippen LogP contribution is -2.42. The number of aromatic nitrogens is 1. The van der Waals surface area contributed by atoms with Gasteiger partial charge >= 0.3 is 0 Å². The number of carbonyl (C=O) groups excluding carboxylic acids is 1. The zero-order valence-corrected chi connectivity index (χ0v) is 10.9. The summed E-state index contributed by atoms with van der Waals surface area (Å²) < 4.78 is 0. The molecule has 4 heteroatoms. The lowest BCUT2D eigenvalue weighted by molar-refractivity contribution is 0.0936. The minimum absolute atomic E-state index is 0.0271. The number of nitrogens with zero attached hydrogens (tertiary/aromatic N) is 2. The van der Waals surface area contributed by atoms with Crippen molar-refractivity contribution in [1.82, 2.24) is 15.2 Å². The second kappa shape index (κ2) is 6.50. The third kappa shape index (κ3) is 3.29. The SMILES string of the molecule is CC[C@H](CNC(=O)c1cccnc1)N1CCCC1. The van der Waals surface area contributed by atoms with Crippen molar-refractivity contribution in [1.29, 1.82) is 0 Å². The van der Waals surface area contributed by atoms with E-state index in [2.05, 4.69) is 22.1 Å². The fraction of sp³-hybridized carbons (Fsp3) is 0.571. The van der Waals surface area contributed by atoms with Crippen LogP contribution in [0.3, 0.4) is 0 Å². The molecule has 4 nitrogen and oxygen atoms in total. The molecule has 0 aromatic carbocycles. The van der Waals surface area contributed by atoms with E-state index in [1.54, 1.807) is 24.5 Å². The van der Waals surface area contributed by atoms with Crippen LogP contribution < -0.4 is 5.32 Å². The lowest BCUT2D eigenvalue weighted by Gasteiger charge is -2.26. The van der Waals surface area contributed by atoms with Gasteiger partial charge in [-0.3, -0.25) is 14.7 Å². The maximum absolute atomic E-state index is 11.9. The Morgan fingerprint density at radius 3 is 2.89 bits per heavy atom. The van der Waals surface area contributed by atoms with Gasteiger partial charge in [-0.05, 0) is 44.5 Å². The van der Waals surface area contributed by atoms with Gasteiger partial charge in [0.25, 0.3) is 5.91 Å². The molecule has 1 fully saturated rings. The summed E-state index contributed by atoms with van der Waals surface area (Å²) in [6, 6.07) is 4.04. The molecule has 1 aromatic heterocycles. The van der Waals surface area contributed by atoms with Crippen LogP contribution in [0.25, 0.3) is 0 Å². The van der Waals surface area contributed by atoms with E-state index in [0.29, 0.717) is 11.6 Å². The standard InChI is InChI=1S/C14H21N3O/c1-2-13(17-8-3-4-9-17)11-16-14(18)12-6-5-7-15-10-12/h5-7,10,13H,2-4,8-9,11H2,1H3,(H,16,18)/t13-/m1/s1. The van der Waals surface area contributed by atoms with E-state index >= 15 is 0 Å². The van der Waals surface area contributed by atoms with Crippen LogP contribution in [-0.4, -0.2) is 41.5 Å². The fourth-order valence-electron chi connectivity index (χ4n) is 2.45. The second-order valence-electron chi connectivity index (χ2n) is 4.76. The van der Waals surface area contributed by atoms with Crippen LogP contribution in [0.5, 0.6) is 0 Å². The summed E-state index contributed by atoms with van der Waals surface area (Å²) in [5.74, 6) is -0.0271. The van der Waals surface area contributed by atoms with Gasteiger partial charge in [0, 0.05) is 25.0 Å². The monoisotopic (exact) mass is 247 g/mol. The maximum Gasteiger partial charge on any atom is 0.252 e. The van der Waals surface area contributed by atoms with Crippen LogP contribution in [0.1, 0.15) is 36.5 Å². The highest BCUT2D eigenvalue weighted by Gasteiger charge is 2.20. The average molecular weight is 247 g/mol. The zero-order chi connectivity index (χ0) is 12.8. The summed E-state index contributed by atoms with van der Waals surface area (Å²) in [5.41, 5.74) is 0.633. The van der Waals surface area contributed by atoms with E-state index < -0.39 is 0 Å². The van der Waals surface area contributed by atoms with Crippen LogP contribution in [0.2, 0.25) is 0 Å². The highest BCUT2D eigenvalue weighted by Crippen LogP contribution is 2.13. The molecule has 0 spiro atoms. The molecule has 2 rings (SSSR count). The Bertz CT molecular complexity index is 374. The van der Waals surface area contributed by atoms with E-state index in [0.717, 1.165) is 13.0 Å². The average Bonchev–Trinajstić information content (AvgIpc) is 2.94. The predicted molar refractivity (Wildman–Crippen MR) is 71.5 cm³/mol. The molecule has 1 saturated heterocycles. The number of hydrogen-bond donors (Lipinski definition) is 1. The van der Waals surface area contributed by atoms with Crippen LogP contribution in [-0.2, 0) is 0 Å². The van der Waals surface area contributed by atoms with E-state index in [-0.39, 0.29) is 5.91 Å². The Balaban J connectivity index is 1.84. The van der Waals surface area contributed by atoms with Crippen molar-refractivity contribution in [2.24, 2.45) is 0 Å². The highest BCUT2D eigenvalue weighted by molar-refractivity contribution is 5.93.